The van der Waals surface area contributed by atoms with Crippen molar-refractivity contribution in [3.63, 3.8) is 0 Å². The van der Waals surface area contributed by atoms with Crippen LogP contribution in [-0.4, -0.2) is 36.6 Å². The maximum absolute atomic E-state index is 9.87. The highest BCUT2D eigenvalue weighted by atomic mass is 16.5. The first-order valence-electron chi connectivity index (χ1n) is 21.0. The Labute approximate surface area is 354 Å². The van der Waals surface area contributed by atoms with Gasteiger partial charge in [0.25, 0.3) is 0 Å². The maximum Gasteiger partial charge on any atom is 0.127 e. The standard InChI is InChI=1S/C57H42O4/c58-31-33-60-53-29-27-51(45-15-5-7-17-47(45)53)57(52-28-30-54(61-34-32-59)48-18-8-6-16-46(48)52)55-43(41-25-23-37-11-1-3-13-39(37)35-41)19-9-21-49(55)50-22-10-20-44(56(50)57)42-26-24-38-12-2-4-14-40(38)36-42/h1-30,35-36,58-59H,31-34H2. The average molecular weight is 791 g/mol. The molecule has 294 valence electrons. The Balaban J connectivity index is 1.35. The molecular formula is C57H42O4. The van der Waals surface area contributed by atoms with Crippen molar-refractivity contribution in [2.75, 3.05) is 26.4 Å². The number of ether oxygens (including phenoxy) is 2. The van der Waals surface area contributed by atoms with Crippen LogP contribution in [0.2, 0.25) is 0 Å². The zero-order chi connectivity index (χ0) is 40.9. The van der Waals surface area contributed by atoms with Gasteiger partial charge in [0.05, 0.1) is 18.6 Å². The fourth-order valence-electron chi connectivity index (χ4n) is 10.1. The van der Waals surface area contributed by atoms with Crippen LogP contribution in [0.1, 0.15) is 22.3 Å². The predicted octanol–water partition coefficient (Wildman–Crippen LogP) is 12.7. The first-order valence-corrected chi connectivity index (χ1v) is 21.0. The van der Waals surface area contributed by atoms with Crippen LogP contribution in [0, 0.1) is 0 Å². The summed E-state index contributed by atoms with van der Waals surface area (Å²) >= 11 is 0. The lowest BCUT2D eigenvalue weighted by Gasteiger charge is -2.38. The van der Waals surface area contributed by atoms with E-state index in [0.717, 1.165) is 66.4 Å². The number of hydrogen-bond donors (Lipinski definition) is 2. The van der Waals surface area contributed by atoms with Gasteiger partial charge in [0.1, 0.15) is 24.7 Å². The summed E-state index contributed by atoms with van der Waals surface area (Å²) in [4.78, 5) is 0. The summed E-state index contributed by atoms with van der Waals surface area (Å²) in [5.74, 6) is 1.45. The first kappa shape index (κ1) is 36.8. The molecule has 4 heteroatoms. The van der Waals surface area contributed by atoms with Crippen molar-refractivity contribution in [2.45, 2.75) is 5.41 Å². The minimum atomic E-state index is -0.903. The molecule has 61 heavy (non-hydrogen) atoms. The Bertz CT molecular complexity index is 3090. The second-order valence-corrected chi connectivity index (χ2v) is 15.8. The summed E-state index contributed by atoms with van der Waals surface area (Å²) < 4.78 is 12.5. The molecule has 10 aromatic carbocycles. The van der Waals surface area contributed by atoms with Gasteiger partial charge in [-0.3, -0.25) is 0 Å². The van der Waals surface area contributed by atoms with Crippen LogP contribution in [-0.2, 0) is 5.41 Å². The lowest BCUT2D eigenvalue weighted by molar-refractivity contribution is 0.203. The van der Waals surface area contributed by atoms with Gasteiger partial charge in [-0.2, -0.15) is 0 Å². The quantitative estimate of drug-likeness (QED) is 0.145. The Kier molecular flexibility index (Phi) is 9.11. The third kappa shape index (κ3) is 5.83. The van der Waals surface area contributed by atoms with Crippen LogP contribution in [0.4, 0.5) is 0 Å². The molecule has 1 aliphatic carbocycles. The van der Waals surface area contributed by atoms with Gasteiger partial charge in [0.2, 0.25) is 0 Å². The van der Waals surface area contributed by atoms with Gasteiger partial charge in [-0.1, -0.05) is 170 Å². The molecule has 0 spiro atoms. The van der Waals surface area contributed by atoms with Gasteiger partial charge < -0.3 is 19.7 Å². The van der Waals surface area contributed by atoms with E-state index >= 15 is 0 Å². The first-order chi connectivity index (χ1) is 30.2. The predicted molar refractivity (Wildman–Crippen MR) is 250 cm³/mol. The van der Waals surface area contributed by atoms with Crippen LogP contribution in [0.5, 0.6) is 11.5 Å². The molecule has 0 atom stereocenters. The van der Waals surface area contributed by atoms with Crippen molar-refractivity contribution in [1.29, 1.82) is 0 Å². The molecule has 4 nitrogen and oxygen atoms in total. The molecule has 0 bridgehead atoms. The highest BCUT2D eigenvalue weighted by molar-refractivity contribution is 6.06. The van der Waals surface area contributed by atoms with Gasteiger partial charge >= 0.3 is 0 Å². The molecule has 0 aliphatic heterocycles. The number of fused-ring (bicyclic) bond motifs is 7. The minimum absolute atomic E-state index is 0.0817. The van der Waals surface area contributed by atoms with E-state index in [1.54, 1.807) is 0 Å². The summed E-state index contributed by atoms with van der Waals surface area (Å²) in [7, 11) is 0. The number of rotatable bonds is 10. The van der Waals surface area contributed by atoms with Gasteiger partial charge in [-0.25, -0.2) is 0 Å². The Morgan fingerprint density at radius 2 is 0.738 bits per heavy atom. The van der Waals surface area contributed by atoms with Crippen molar-refractivity contribution < 1.29 is 19.7 Å². The summed E-state index contributed by atoms with van der Waals surface area (Å²) in [6, 6.07) is 70.1. The third-order valence-corrected chi connectivity index (χ3v) is 12.6. The van der Waals surface area contributed by atoms with Crippen LogP contribution in [0.15, 0.2) is 194 Å². The highest BCUT2D eigenvalue weighted by Crippen LogP contribution is 2.63. The summed E-state index contributed by atoms with van der Waals surface area (Å²) in [5.41, 5.74) is 10.7. The molecule has 0 fully saturated rings. The second kappa shape index (κ2) is 15.1. The van der Waals surface area contributed by atoms with E-state index in [-0.39, 0.29) is 26.4 Å². The average Bonchev–Trinajstić information content (AvgIpc) is 3.63. The summed E-state index contributed by atoms with van der Waals surface area (Å²) in [5, 5.41) is 28.6. The van der Waals surface area contributed by atoms with E-state index in [0.29, 0.717) is 0 Å². The molecule has 10 aromatic rings. The lowest BCUT2D eigenvalue weighted by atomic mass is 9.62. The fraction of sp³-hybridized carbons (Fsp3) is 0.0877. The Hall–Kier alpha value is -7.24. The van der Waals surface area contributed by atoms with Crippen LogP contribution in [0.25, 0.3) is 76.5 Å². The molecule has 2 N–H and O–H groups in total. The van der Waals surface area contributed by atoms with Crippen molar-refractivity contribution in [3.8, 4) is 44.9 Å². The molecule has 0 amide bonds. The zero-order valence-electron chi connectivity index (χ0n) is 33.5. The highest BCUT2D eigenvalue weighted by Gasteiger charge is 2.51. The van der Waals surface area contributed by atoms with Crippen molar-refractivity contribution in [2.24, 2.45) is 0 Å². The SMILES string of the molecule is OCCOc1ccc(C2(c3ccc(OCCO)c4ccccc34)c3c(-c4ccc5ccccc5c4)cccc3-c3cccc(-c4ccc5ccccc5c4)c32)c2ccccc12. The normalized spacial score (nSPS) is 12.8. The molecule has 0 heterocycles. The van der Waals surface area contributed by atoms with E-state index < -0.39 is 5.41 Å². The molecule has 0 aromatic heterocycles. The monoisotopic (exact) mass is 790 g/mol. The molecule has 0 saturated heterocycles. The fourth-order valence-corrected chi connectivity index (χ4v) is 10.1. The number of hydrogen-bond acceptors (Lipinski definition) is 4. The number of aliphatic hydroxyl groups is 2. The van der Waals surface area contributed by atoms with E-state index in [1.165, 1.54) is 43.8 Å². The van der Waals surface area contributed by atoms with Gasteiger partial charge in [0, 0.05) is 10.8 Å². The Morgan fingerprint density at radius 3 is 1.18 bits per heavy atom. The summed E-state index contributed by atoms with van der Waals surface area (Å²) in [6.07, 6.45) is 0. The van der Waals surface area contributed by atoms with Crippen LogP contribution >= 0.6 is 0 Å². The van der Waals surface area contributed by atoms with E-state index in [1.807, 2.05) is 0 Å². The number of aliphatic hydroxyl groups excluding tert-OH is 2. The topological polar surface area (TPSA) is 58.9 Å². The molecule has 1 aliphatic rings. The minimum Gasteiger partial charge on any atom is -0.491 e. The largest absolute Gasteiger partial charge is 0.491 e. The van der Waals surface area contributed by atoms with Crippen LogP contribution < -0.4 is 9.47 Å². The Morgan fingerprint density at radius 1 is 0.344 bits per heavy atom. The smallest absolute Gasteiger partial charge is 0.127 e. The molecule has 0 radical (unpaired) electrons. The van der Waals surface area contributed by atoms with Crippen LogP contribution in [0.3, 0.4) is 0 Å². The van der Waals surface area contributed by atoms with Gasteiger partial charge in [-0.05, 0) is 112 Å². The van der Waals surface area contributed by atoms with Gasteiger partial charge in [-0.15, -0.1) is 0 Å². The molecule has 0 unspecified atom stereocenters. The van der Waals surface area contributed by atoms with Crippen molar-refractivity contribution >= 4 is 43.1 Å². The van der Waals surface area contributed by atoms with E-state index in [4.69, 9.17) is 9.47 Å². The molecule has 11 rings (SSSR count). The zero-order valence-corrected chi connectivity index (χ0v) is 33.5. The van der Waals surface area contributed by atoms with Crippen molar-refractivity contribution in [1.82, 2.24) is 0 Å². The van der Waals surface area contributed by atoms with E-state index in [9.17, 15) is 10.2 Å². The third-order valence-electron chi connectivity index (χ3n) is 12.6. The molecule has 0 saturated carbocycles. The van der Waals surface area contributed by atoms with Crippen molar-refractivity contribution in [3.05, 3.63) is 216 Å². The second-order valence-electron chi connectivity index (χ2n) is 15.8. The maximum atomic E-state index is 9.87. The summed E-state index contributed by atoms with van der Waals surface area (Å²) in [6.45, 7) is 0.222. The lowest BCUT2D eigenvalue weighted by Crippen LogP contribution is -2.31. The van der Waals surface area contributed by atoms with E-state index in [2.05, 4.69) is 194 Å². The van der Waals surface area contributed by atoms with Gasteiger partial charge in [0.15, 0.2) is 0 Å². The molecular weight excluding hydrogens is 749 g/mol. The number of benzene rings is 10.